The number of carbonyl (C=O) groups excluding carboxylic acids is 1. The van der Waals surface area contributed by atoms with Crippen LogP contribution < -0.4 is 25.7 Å². The van der Waals surface area contributed by atoms with Crippen LogP contribution in [0.1, 0.15) is 5.69 Å². The van der Waals surface area contributed by atoms with Gasteiger partial charge in [0.1, 0.15) is 18.1 Å². The average Bonchev–Trinajstić information content (AvgIpc) is 3.16. The highest BCUT2D eigenvalue weighted by atomic mass is 32.1. The number of anilines is 2. The molecule has 31 heavy (non-hydrogen) atoms. The van der Waals surface area contributed by atoms with Gasteiger partial charge >= 0.3 is 0 Å². The Morgan fingerprint density at radius 1 is 1.39 bits per heavy atom. The Balaban J connectivity index is 1.31. The van der Waals surface area contributed by atoms with Gasteiger partial charge in [0.25, 0.3) is 5.82 Å². The van der Waals surface area contributed by atoms with Gasteiger partial charge in [0.15, 0.2) is 23.7 Å². The number of pyridine rings is 1. The summed E-state index contributed by atoms with van der Waals surface area (Å²) in [5.74, 6) is 2.52. The number of aldehydes is 1. The number of nitrogens with zero attached hydrogens (tertiary/aromatic N) is 3. The second-order valence-corrected chi connectivity index (χ2v) is 8.20. The zero-order valence-electron chi connectivity index (χ0n) is 17.2. The van der Waals surface area contributed by atoms with E-state index in [2.05, 4.69) is 37.6 Å². The molecule has 1 aliphatic rings. The van der Waals surface area contributed by atoms with Crippen molar-refractivity contribution >= 4 is 45.1 Å². The Morgan fingerprint density at radius 3 is 2.97 bits per heavy atom. The monoisotopic (exact) mass is 441 g/mol. The molecule has 9 nitrogen and oxygen atoms in total. The number of oxime groups is 1. The molecule has 0 aliphatic carbocycles. The van der Waals surface area contributed by atoms with E-state index < -0.39 is 0 Å². The smallest absolute Gasteiger partial charge is 0.274 e. The third-order valence-corrected chi connectivity index (χ3v) is 5.68. The van der Waals surface area contributed by atoms with E-state index in [1.54, 1.807) is 5.38 Å². The van der Waals surface area contributed by atoms with Gasteiger partial charge in [-0.2, -0.15) is 0 Å². The molecule has 0 unspecified atom stereocenters. The van der Waals surface area contributed by atoms with Gasteiger partial charge in [-0.25, -0.2) is 9.55 Å². The zero-order chi connectivity index (χ0) is 21.6. The molecule has 0 bridgehead atoms. The summed E-state index contributed by atoms with van der Waals surface area (Å²) in [5, 5.41) is 14.9. The van der Waals surface area contributed by atoms with Crippen LogP contribution in [0.3, 0.4) is 0 Å². The lowest BCUT2D eigenvalue weighted by atomic mass is 10.0. The van der Waals surface area contributed by atoms with Crippen LogP contribution in [0.5, 0.6) is 5.75 Å². The average molecular weight is 442 g/mol. The first-order valence-electron chi connectivity index (χ1n) is 9.99. The van der Waals surface area contributed by atoms with Crippen LogP contribution in [0.15, 0.2) is 41.0 Å². The highest BCUT2D eigenvalue weighted by molar-refractivity contribution is 7.13. The summed E-state index contributed by atoms with van der Waals surface area (Å²) >= 11 is 1.24. The summed E-state index contributed by atoms with van der Waals surface area (Å²) in [4.78, 5) is 20.3. The van der Waals surface area contributed by atoms with E-state index in [-0.39, 0.29) is 12.3 Å². The molecule has 162 valence electrons. The van der Waals surface area contributed by atoms with Gasteiger partial charge in [-0.15, -0.1) is 11.3 Å². The minimum absolute atomic E-state index is 0.101. The molecule has 3 aromatic rings. The van der Waals surface area contributed by atoms with Crippen LogP contribution in [-0.2, 0) is 16.7 Å². The summed E-state index contributed by atoms with van der Waals surface area (Å²) in [7, 11) is 2.03. The normalized spacial score (nSPS) is 14.3. The van der Waals surface area contributed by atoms with Crippen LogP contribution in [0.4, 0.5) is 10.9 Å². The number of aromatic nitrogens is 2. The molecule has 0 saturated carbocycles. The van der Waals surface area contributed by atoms with E-state index in [4.69, 9.17) is 15.3 Å². The number of fused-ring (bicyclic) bond motifs is 1. The maximum atomic E-state index is 11.1. The number of hydrogen-bond acceptors (Lipinski definition) is 9. The molecule has 0 atom stereocenters. The Morgan fingerprint density at radius 2 is 2.26 bits per heavy atom. The van der Waals surface area contributed by atoms with E-state index in [0.717, 1.165) is 42.0 Å². The summed E-state index contributed by atoms with van der Waals surface area (Å²) in [6.45, 7) is 3.62. The minimum atomic E-state index is 0.101. The van der Waals surface area contributed by atoms with Crippen molar-refractivity contribution in [2.45, 2.75) is 0 Å². The topological polar surface area (TPSA) is 115 Å². The van der Waals surface area contributed by atoms with Crippen LogP contribution in [0.25, 0.3) is 10.8 Å². The minimum Gasteiger partial charge on any atom is -0.490 e. The van der Waals surface area contributed by atoms with Crippen LogP contribution >= 0.6 is 11.3 Å². The third-order valence-electron chi connectivity index (χ3n) is 5.00. The first kappa shape index (κ1) is 21.0. The summed E-state index contributed by atoms with van der Waals surface area (Å²) < 4.78 is 7.85. The van der Waals surface area contributed by atoms with Crippen LogP contribution in [-0.4, -0.2) is 49.8 Å². The molecule has 3 heterocycles. The van der Waals surface area contributed by atoms with E-state index in [9.17, 15) is 4.79 Å². The van der Waals surface area contributed by atoms with Gasteiger partial charge in [-0.1, -0.05) is 11.2 Å². The van der Waals surface area contributed by atoms with E-state index in [0.29, 0.717) is 29.6 Å². The molecule has 1 aromatic carbocycles. The summed E-state index contributed by atoms with van der Waals surface area (Å²) in [5.41, 5.74) is 6.08. The number of nitrogens with two attached hydrogens (primary N) is 1. The van der Waals surface area contributed by atoms with Crippen LogP contribution in [0.2, 0.25) is 0 Å². The second-order valence-electron chi connectivity index (χ2n) is 7.31. The Hall–Kier alpha value is -3.24. The first-order valence-corrected chi connectivity index (χ1v) is 10.9. The van der Waals surface area contributed by atoms with Crippen molar-refractivity contribution in [1.29, 1.82) is 0 Å². The van der Waals surface area contributed by atoms with Crippen molar-refractivity contribution in [3.63, 3.8) is 0 Å². The standard InChI is InChI=1S/C21H24N6O3S/c1-27-11-16-6-17(3-2-15(16)7-20(27)24-10-14-8-23-9-14)29-4-5-30-26-18(12-28)19-13-31-21(22)25-19/h2-3,6-7,11-14,23H,4-5,8-10H2,1H3,(H2,22,25)/p+1/b26-18+. The van der Waals surface area contributed by atoms with E-state index in [1.165, 1.54) is 11.3 Å². The lowest BCUT2D eigenvalue weighted by Crippen LogP contribution is -2.46. The van der Waals surface area contributed by atoms with Crippen molar-refractivity contribution in [2.75, 3.05) is 43.9 Å². The van der Waals surface area contributed by atoms with Gasteiger partial charge in [-0.3, -0.25) is 10.1 Å². The molecule has 2 aromatic heterocycles. The second kappa shape index (κ2) is 9.71. The summed E-state index contributed by atoms with van der Waals surface area (Å²) in [6, 6.07) is 8.11. The fourth-order valence-electron chi connectivity index (χ4n) is 3.18. The van der Waals surface area contributed by atoms with Gasteiger partial charge < -0.3 is 20.6 Å². The summed E-state index contributed by atoms with van der Waals surface area (Å²) in [6.07, 6.45) is 2.67. The van der Waals surface area contributed by atoms with E-state index >= 15 is 0 Å². The fourth-order valence-corrected chi connectivity index (χ4v) is 3.73. The highest BCUT2D eigenvalue weighted by Gasteiger charge is 2.19. The van der Waals surface area contributed by atoms with Crippen molar-refractivity contribution < 1.29 is 18.9 Å². The molecule has 10 heteroatoms. The van der Waals surface area contributed by atoms with Crippen LogP contribution in [0, 0.1) is 5.92 Å². The zero-order valence-corrected chi connectivity index (χ0v) is 18.0. The number of ether oxygens (including phenoxy) is 1. The first-order chi connectivity index (χ1) is 15.1. The lowest BCUT2D eigenvalue weighted by Gasteiger charge is -2.25. The predicted octanol–water partition coefficient (Wildman–Crippen LogP) is 1.33. The van der Waals surface area contributed by atoms with Crippen molar-refractivity contribution in [3.8, 4) is 5.75 Å². The number of benzene rings is 1. The molecule has 0 amide bonds. The van der Waals surface area contributed by atoms with Gasteiger partial charge in [0.2, 0.25) is 0 Å². The number of hydrogen-bond donors (Lipinski definition) is 3. The van der Waals surface area contributed by atoms with Crippen molar-refractivity contribution in [2.24, 2.45) is 18.1 Å². The number of carbonyl (C=O) groups is 1. The number of rotatable bonds is 10. The molecule has 1 aliphatic heterocycles. The molecular formula is C21H25N6O3S+. The Bertz CT molecular complexity index is 1100. The largest absolute Gasteiger partial charge is 0.490 e. The maximum absolute atomic E-state index is 11.1. The van der Waals surface area contributed by atoms with Gasteiger partial charge in [0.05, 0.1) is 19.8 Å². The van der Waals surface area contributed by atoms with Gasteiger partial charge in [-0.05, 0) is 17.5 Å². The molecule has 1 fully saturated rings. The molecule has 4 N–H and O–H groups in total. The molecule has 4 rings (SSSR count). The van der Waals surface area contributed by atoms with Crippen molar-refractivity contribution in [3.05, 3.63) is 41.5 Å². The highest BCUT2D eigenvalue weighted by Crippen LogP contribution is 2.22. The number of thiazole rings is 1. The SMILES string of the molecule is C[n+]1cc2cc(OCCO/N=C(\C=O)c3csc(N)n3)ccc2cc1NCC1CNC1. The Labute approximate surface area is 183 Å². The fraction of sp³-hybridized carbons (Fsp3) is 0.333. The number of aryl methyl sites for hydroxylation is 1. The Kier molecular flexibility index (Phi) is 6.58. The third kappa shape index (κ3) is 5.28. The van der Waals surface area contributed by atoms with Gasteiger partial charge in [0, 0.05) is 35.8 Å². The van der Waals surface area contributed by atoms with E-state index in [1.807, 2.05) is 25.2 Å². The molecular weight excluding hydrogens is 416 g/mol. The molecule has 1 saturated heterocycles. The quantitative estimate of drug-likeness (QED) is 0.143. The lowest BCUT2D eigenvalue weighted by molar-refractivity contribution is -0.655. The predicted molar refractivity (Wildman–Crippen MR) is 121 cm³/mol. The number of nitrogens with one attached hydrogen (secondary N) is 2. The molecule has 0 radical (unpaired) electrons. The molecule has 0 spiro atoms. The maximum Gasteiger partial charge on any atom is 0.274 e. The van der Waals surface area contributed by atoms with Crippen molar-refractivity contribution in [1.82, 2.24) is 10.3 Å². The number of nitrogen functional groups attached to an aromatic ring is 1.